The summed E-state index contributed by atoms with van der Waals surface area (Å²) in [6.45, 7) is 1.79. The lowest BCUT2D eigenvalue weighted by molar-refractivity contribution is 0.0201. The maximum atomic E-state index is 10.2. The van der Waals surface area contributed by atoms with Gasteiger partial charge in [-0.05, 0) is 36.2 Å². The predicted molar refractivity (Wildman–Crippen MR) is 74.0 cm³/mol. The first-order valence-electron chi connectivity index (χ1n) is 6.51. The number of hydrogen-bond acceptors (Lipinski definition) is 4. The second-order valence-corrected chi connectivity index (χ2v) is 5.10. The summed E-state index contributed by atoms with van der Waals surface area (Å²) in [5, 5.41) is 29.3. The fourth-order valence-corrected chi connectivity index (χ4v) is 2.55. The lowest BCUT2D eigenvalue weighted by Crippen LogP contribution is -2.30. The van der Waals surface area contributed by atoms with Gasteiger partial charge in [-0.25, -0.2) is 0 Å². The van der Waals surface area contributed by atoms with Gasteiger partial charge < -0.3 is 20.1 Å². The highest BCUT2D eigenvalue weighted by Gasteiger charge is 2.31. The lowest BCUT2D eigenvalue weighted by Gasteiger charge is -2.32. The normalized spacial score (nSPS) is 21.1. The van der Waals surface area contributed by atoms with Crippen LogP contribution in [0, 0.1) is 6.92 Å². The Hall–Kier alpha value is -2.20. The molecule has 20 heavy (non-hydrogen) atoms. The minimum absolute atomic E-state index is 0.174. The van der Waals surface area contributed by atoms with Crippen LogP contribution >= 0.6 is 0 Å². The van der Waals surface area contributed by atoms with Gasteiger partial charge in [0.05, 0.1) is 6.10 Å². The molecule has 0 saturated heterocycles. The second kappa shape index (κ2) is 4.72. The van der Waals surface area contributed by atoms with E-state index in [-0.39, 0.29) is 11.5 Å². The molecule has 0 saturated carbocycles. The van der Waals surface area contributed by atoms with E-state index in [0.717, 1.165) is 11.1 Å². The SMILES string of the molecule is Cc1c(O)ccc2c1OC(c1ccc(O)cc1)C(O)C2. The Kier molecular flexibility index (Phi) is 3.03. The molecule has 0 aliphatic carbocycles. The Labute approximate surface area is 116 Å². The van der Waals surface area contributed by atoms with Gasteiger partial charge in [0, 0.05) is 12.0 Å². The number of aromatic hydroxyl groups is 2. The van der Waals surface area contributed by atoms with Crippen molar-refractivity contribution >= 4 is 0 Å². The van der Waals surface area contributed by atoms with Gasteiger partial charge in [0.25, 0.3) is 0 Å². The summed E-state index contributed by atoms with van der Waals surface area (Å²) in [6, 6.07) is 9.98. The number of phenols is 2. The molecule has 0 bridgehead atoms. The Morgan fingerprint density at radius 2 is 1.75 bits per heavy atom. The molecule has 2 unspecified atom stereocenters. The summed E-state index contributed by atoms with van der Waals surface area (Å²) >= 11 is 0. The van der Waals surface area contributed by atoms with Crippen LogP contribution in [0.2, 0.25) is 0 Å². The average Bonchev–Trinajstić information content (AvgIpc) is 2.44. The van der Waals surface area contributed by atoms with Crippen molar-refractivity contribution in [3.8, 4) is 17.2 Å². The first kappa shape index (κ1) is 12.8. The van der Waals surface area contributed by atoms with Crippen molar-refractivity contribution in [2.45, 2.75) is 25.6 Å². The molecule has 104 valence electrons. The molecule has 0 spiro atoms. The molecule has 0 amide bonds. The number of benzene rings is 2. The number of hydrogen-bond donors (Lipinski definition) is 3. The van der Waals surface area contributed by atoms with E-state index in [9.17, 15) is 15.3 Å². The van der Waals surface area contributed by atoms with Crippen LogP contribution < -0.4 is 4.74 Å². The zero-order valence-electron chi connectivity index (χ0n) is 11.1. The summed E-state index contributed by atoms with van der Waals surface area (Å²) < 4.78 is 5.89. The molecular weight excluding hydrogens is 256 g/mol. The molecule has 0 aromatic heterocycles. The maximum absolute atomic E-state index is 10.2. The number of aliphatic hydroxyl groups is 1. The summed E-state index contributed by atoms with van der Waals surface area (Å²) in [6.07, 6.45) is -0.679. The van der Waals surface area contributed by atoms with Crippen molar-refractivity contribution in [1.82, 2.24) is 0 Å². The summed E-state index contributed by atoms with van der Waals surface area (Å²) in [5.74, 6) is 0.992. The van der Waals surface area contributed by atoms with Crippen LogP contribution in [-0.2, 0) is 6.42 Å². The van der Waals surface area contributed by atoms with Crippen molar-refractivity contribution in [2.24, 2.45) is 0 Å². The number of rotatable bonds is 1. The van der Waals surface area contributed by atoms with Gasteiger partial charge >= 0.3 is 0 Å². The highest BCUT2D eigenvalue weighted by atomic mass is 16.5. The monoisotopic (exact) mass is 272 g/mol. The number of phenolic OH excluding ortho intramolecular Hbond substituents is 2. The highest BCUT2D eigenvalue weighted by molar-refractivity contribution is 5.50. The van der Waals surface area contributed by atoms with Crippen LogP contribution in [0.4, 0.5) is 0 Å². The van der Waals surface area contributed by atoms with E-state index in [1.807, 2.05) is 0 Å². The minimum atomic E-state index is -0.656. The number of aliphatic hydroxyl groups excluding tert-OH is 1. The van der Waals surface area contributed by atoms with E-state index in [1.165, 1.54) is 0 Å². The van der Waals surface area contributed by atoms with E-state index in [0.29, 0.717) is 17.7 Å². The molecule has 1 aliphatic heterocycles. The van der Waals surface area contributed by atoms with E-state index in [4.69, 9.17) is 4.74 Å². The molecule has 4 nitrogen and oxygen atoms in total. The minimum Gasteiger partial charge on any atom is -0.508 e. The summed E-state index contributed by atoms with van der Waals surface area (Å²) in [5.41, 5.74) is 2.37. The molecular formula is C16H16O4. The van der Waals surface area contributed by atoms with E-state index in [2.05, 4.69) is 0 Å². The third kappa shape index (κ3) is 2.08. The largest absolute Gasteiger partial charge is 0.508 e. The quantitative estimate of drug-likeness (QED) is 0.745. The van der Waals surface area contributed by atoms with Crippen molar-refractivity contribution in [2.75, 3.05) is 0 Å². The molecule has 0 radical (unpaired) electrons. The van der Waals surface area contributed by atoms with Crippen LogP contribution in [0.5, 0.6) is 17.2 Å². The van der Waals surface area contributed by atoms with E-state index < -0.39 is 12.2 Å². The lowest BCUT2D eigenvalue weighted by atomic mass is 9.93. The Balaban J connectivity index is 1.99. The van der Waals surface area contributed by atoms with Crippen molar-refractivity contribution in [3.05, 3.63) is 53.1 Å². The first-order valence-corrected chi connectivity index (χ1v) is 6.51. The van der Waals surface area contributed by atoms with Crippen LogP contribution in [0.25, 0.3) is 0 Å². The fraction of sp³-hybridized carbons (Fsp3) is 0.250. The third-order valence-electron chi connectivity index (χ3n) is 3.70. The van der Waals surface area contributed by atoms with Gasteiger partial charge in [-0.2, -0.15) is 0 Å². The summed E-state index contributed by atoms with van der Waals surface area (Å²) in [4.78, 5) is 0. The molecule has 2 aromatic rings. The highest BCUT2D eigenvalue weighted by Crippen LogP contribution is 2.40. The van der Waals surface area contributed by atoms with Crippen molar-refractivity contribution in [1.29, 1.82) is 0 Å². The van der Waals surface area contributed by atoms with Gasteiger partial charge in [-0.3, -0.25) is 0 Å². The van der Waals surface area contributed by atoms with Crippen LogP contribution in [0.15, 0.2) is 36.4 Å². The smallest absolute Gasteiger partial charge is 0.150 e. The van der Waals surface area contributed by atoms with Crippen molar-refractivity contribution < 1.29 is 20.1 Å². The molecule has 1 aliphatic rings. The van der Waals surface area contributed by atoms with Crippen LogP contribution in [0.3, 0.4) is 0 Å². The predicted octanol–water partition coefficient (Wildman–Crippen LogP) is 2.44. The van der Waals surface area contributed by atoms with E-state index >= 15 is 0 Å². The zero-order chi connectivity index (χ0) is 14.3. The Morgan fingerprint density at radius 1 is 1.05 bits per heavy atom. The molecule has 3 N–H and O–H groups in total. The van der Waals surface area contributed by atoms with Crippen LogP contribution in [0.1, 0.15) is 22.8 Å². The van der Waals surface area contributed by atoms with Gasteiger partial charge in [0.2, 0.25) is 0 Å². The Morgan fingerprint density at radius 3 is 2.45 bits per heavy atom. The zero-order valence-corrected chi connectivity index (χ0v) is 11.1. The Bertz CT molecular complexity index is 634. The average molecular weight is 272 g/mol. The van der Waals surface area contributed by atoms with Crippen molar-refractivity contribution in [3.63, 3.8) is 0 Å². The fourth-order valence-electron chi connectivity index (χ4n) is 2.55. The van der Waals surface area contributed by atoms with Gasteiger partial charge in [0.1, 0.15) is 23.4 Å². The molecule has 4 heteroatoms. The molecule has 1 heterocycles. The van der Waals surface area contributed by atoms with E-state index in [1.54, 1.807) is 43.3 Å². The molecule has 2 aromatic carbocycles. The second-order valence-electron chi connectivity index (χ2n) is 5.10. The van der Waals surface area contributed by atoms with Gasteiger partial charge in [0.15, 0.2) is 0 Å². The number of ether oxygens (including phenoxy) is 1. The topological polar surface area (TPSA) is 69.9 Å². The van der Waals surface area contributed by atoms with Gasteiger partial charge in [-0.15, -0.1) is 0 Å². The third-order valence-corrected chi connectivity index (χ3v) is 3.70. The first-order chi connectivity index (χ1) is 9.56. The maximum Gasteiger partial charge on any atom is 0.150 e. The number of fused-ring (bicyclic) bond motifs is 1. The van der Waals surface area contributed by atoms with Gasteiger partial charge in [-0.1, -0.05) is 18.2 Å². The molecule has 2 atom stereocenters. The standard InChI is InChI=1S/C16H16O4/c1-9-13(18)7-4-11-8-14(19)16(20-15(9)11)10-2-5-12(17)6-3-10/h2-7,14,16-19H,8H2,1H3. The molecule has 0 fully saturated rings. The molecule has 3 rings (SSSR count). The van der Waals surface area contributed by atoms with Crippen LogP contribution in [-0.4, -0.2) is 21.4 Å². The summed E-state index contributed by atoms with van der Waals surface area (Å²) in [7, 11) is 0.